The van der Waals surface area contributed by atoms with Gasteiger partial charge in [0.2, 0.25) is 5.91 Å². The predicted molar refractivity (Wildman–Crippen MR) is 99.3 cm³/mol. The topological polar surface area (TPSA) is 66.8 Å². The fraction of sp³-hybridized carbons (Fsp3) is 0.900. The first kappa shape index (κ1) is 21.9. The third-order valence-electron chi connectivity index (χ3n) is 4.90. The molecule has 0 bridgehead atoms. The van der Waals surface area contributed by atoms with Gasteiger partial charge in [0.1, 0.15) is 5.72 Å². The van der Waals surface area contributed by atoms with Crippen molar-refractivity contribution in [1.29, 1.82) is 0 Å². The number of carboxylic acids is 1. The molecule has 0 aromatic heterocycles. The molecule has 1 amide bonds. The fourth-order valence-electron chi connectivity index (χ4n) is 3.75. The van der Waals surface area contributed by atoms with Crippen molar-refractivity contribution in [2.24, 2.45) is 5.92 Å². The maximum atomic E-state index is 12.8. The van der Waals surface area contributed by atoms with E-state index >= 15 is 0 Å². The molecule has 0 aromatic rings. The van der Waals surface area contributed by atoms with E-state index in [0.29, 0.717) is 18.8 Å². The molecule has 146 valence electrons. The molecule has 1 saturated heterocycles. The lowest BCUT2D eigenvalue weighted by Gasteiger charge is -2.34. The smallest absolute Gasteiger partial charge is 0.335 e. The third-order valence-corrected chi connectivity index (χ3v) is 4.90. The lowest BCUT2D eigenvalue weighted by Crippen LogP contribution is -2.49. The van der Waals surface area contributed by atoms with Gasteiger partial charge < -0.3 is 14.7 Å². The Morgan fingerprint density at radius 3 is 2.16 bits per heavy atom. The van der Waals surface area contributed by atoms with Crippen LogP contribution in [-0.2, 0) is 14.3 Å². The molecule has 0 aliphatic carbocycles. The predicted octanol–water partition coefficient (Wildman–Crippen LogP) is 4.59. The Labute approximate surface area is 153 Å². The van der Waals surface area contributed by atoms with E-state index in [0.717, 1.165) is 12.8 Å². The lowest BCUT2D eigenvalue weighted by molar-refractivity contribution is -0.159. The standard InChI is InChI=1S/C20H37NO4/c1-6-7-8-9-10-11-12-13-17(22)21-16(14-15(2)3)18(19(23)24)25-20(21,4)5/h15-16,18H,6-14H2,1-5H3,(H,23,24)/t16-,18+/m0/s1. The minimum atomic E-state index is -0.982. The largest absolute Gasteiger partial charge is 0.479 e. The van der Waals surface area contributed by atoms with Crippen LogP contribution in [0.5, 0.6) is 0 Å². The van der Waals surface area contributed by atoms with Crippen molar-refractivity contribution < 1.29 is 19.4 Å². The number of rotatable bonds is 11. The van der Waals surface area contributed by atoms with Crippen molar-refractivity contribution in [2.45, 2.75) is 110 Å². The zero-order valence-electron chi connectivity index (χ0n) is 16.7. The van der Waals surface area contributed by atoms with Crippen molar-refractivity contribution in [1.82, 2.24) is 4.90 Å². The minimum Gasteiger partial charge on any atom is -0.479 e. The summed E-state index contributed by atoms with van der Waals surface area (Å²) in [5, 5.41) is 9.48. The molecule has 2 atom stereocenters. The number of ether oxygens (including phenoxy) is 1. The summed E-state index contributed by atoms with van der Waals surface area (Å²) >= 11 is 0. The van der Waals surface area contributed by atoms with Crippen LogP contribution in [0.4, 0.5) is 0 Å². The summed E-state index contributed by atoms with van der Waals surface area (Å²) < 4.78 is 5.73. The van der Waals surface area contributed by atoms with Crippen LogP contribution in [0, 0.1) is 5.92 Å². The Bertz CT molecular complexity index is 433. The van der Waals surface area contributed by atoms with E-state index in [4.69, 9.17) is 4.74 Å². The Morgan fingerprint density at radius 2 is 1.64 bits per heavy atom. The average Bonchev–Trinajstić information content (AvgIpc) is 2.76. The van der Waals surface area contributed by atoms with Crippen LogP contribution >= 0.6 is 0 Å². The van der Waals surface area contributed by atoms with E-state index in [2.05, 4.69) is 6.92 Å². The van der Waals surface area contributed by atoms with Gasteiger partial charge in [-0.3, -0.25) is 4.79 Å². The lowest BCUT2D eigenvalue weighted by atomic mass is 9.97. The maximum absolute atomic E-state index is 12.8. The van der Waals surface area contributed by atoms with E-state index in [9.17, 15) is 14.7 Å². The highest BCUT2D eigenvalue weighted by Gasteiger charge is 2.52. The Kier molecular flexibility index (Phi) is 8.91. The molecule has 0 saturated carbocycles. The molecule has 1 aliphatic heterocycles. The first-order valence-electron chi connectivity index (χ1n) is 9.93. The molecule has 0 radical (unpaired) electrons. The molecular weight excluding hydrogens is 318 g/mol. The van der Waals surface area contributed by atoms with Gasteiger partial charge in [-0.1, -0.05) is 59.3 Å². The average molecular weight is 356 g/mol. The summed E-state index contributed by atoms with van der Waals surface area (Å²) in [6, 6.07) is -0.385. The molecule has 5 heteroatoms. The van der Waals surface area contributed by atoms with Crippen LogP contribution in [0.2, 0.25) is 0 Å². The highest BCUT2D eigenvalue weighted by molar-refractivity contribution is 5.81. The second-order valence-corrected chi connectivity index (χ2v) is 8.16. The van der Waals surface area contributed by atoms with Gasteiger partial charge in [0.15, 0.2) is 6.10 Å². The molecule has 5 nitrogen and oxygen atoms in total. The highest BCUT2D eigenvalue weighted by atomic mass is 16.6. The van der Waals surface area contributed by atoms with Crippen molar-refractivity contribution in [3.63, 3.8) is 0 Å². The van der Waals surface area contributed by atoms with Gasteiger partial charge in [0, 0.05) is 6.42 Å². The Morgan fingerprint density at radius 1 is 1.08 bits per heavy atom. The van der Waals surface area contributed by atoms with Gasteiger partial charge in [-0.15, -0.1) is 0 Å². The molecule has 25 heavy (non-hydrogen) atoms. The number of amides is 1. The van der Waals surface area contributed by atoms with Gasteiger partial charge in [0.25, 0.3) is 0 Å². The van der Waals surface area contributed by atoms with E-state index in [-0.39, 0.29) is 11.9 Å². The SMILES string of the molecule is CCCCCCCCCC(=O)N1[C@@H](CC(C)C)[C@H](C(=O)O)OC1(C)C. The summed E-state index contributed by atoms with van der Waals surface area (Å²) in [5.41, 5.74) is -0.860. The second-order valence-electron chi connectivity index (χ2n) is 8.16. The zero-order chi connectivity index (χ0) is 19.0. The van der Waals surface area contributed by atoms with Crippen molar-refractivity contribution in [2.75, 3.05) is 0 Å². The Hall–Kier alpha value is -1.10. The number of nitrogens with zero attached hydrogens (tertiary/aromatic N) is 1. The molecule has 0 spiro atoms. The summed E-state index contributed by atoms with van der Waals surface area (Å²) in [5.74, 6) is -0.656. The van der Waals surface area contributed by atoms with Gasteiger partial charge in [-0.05, 0) is 32.6 Å². The number of carbonyl (C=O) groups excluding carboxylic acids is 1. The number of hydrogen-bond acceptors (Lipinski definition) is 3. The molecular formula is C20H37NO4. The second kappa shape index (κ2) is 10.1. The van der Waals surface area contributed by atoms with E-state index < -0.39 is 17.8 Å². The van der Waals surface area contributed by atoms with E-state index in [1.54, 1.807) is 18.7 Å². The van der Waals surface area contributed by atoms with E-state index in [1.165, 1.54) is 32.1 Å². The number of aliphatic carboxylic acids is 1. The van der Waals surface area contributed by atoms with Crippen molar-refractivity contribution in [3.8, 4) is 0 Å². The summed E-state index contributed by atoms with van der Waals surface area (Å²) in [4.78, 5) is 26.1. The highest BCUT2D eigenvalue weighted by Crippen LogP contribution is 2.36. The molecule has 1 N–H and O–H groups in total. The molecule has 1 fully saturated rings. The first-order valence-corrected chi connectivity index (χ1v) is 9.93. The fourth-order valence-corrected chi connectivity index (χ4v) is 3.75. The van der Waals surface area contributed by atoms with Crippen LogP contribution in [-0.4, -0.2) is 39.8 Å². The van der Waals surface area contributed by atoms with Crippen LogP contribution < -0.4 is 0 Å². The van der Waals surface area contributed by atoms with Crippen LogP contribution in [0.15, 0.2) is 0 Å². The maximum Gasteiger partial charge on any atom is 0.335 e. The van der Waals surface area contributed by atoms with Crippen LogP contribution in [0.3, 0.4) is 0 Å². The third kappa shape index (κ3) is 6.61. The van der Waals surface area contributed by atoms with Crippen molar-refractivity contribution >= 4 is 11.9 Å². The van der Waals surface area contributed by atoms with Gasteiger partial charge in [-0.2, -0.15) is 0 Å². The first-order chi connectivity index (χ1) is 11.7. The molecule has 1 rings (SSSR count). The number of unbranched alkanes of at least 4 members (excludes halogenated alkanes) is 6. The monoisotopic (exact) mass is 355 g/mol. The van der Waals surface area contributed by atoms with Gasteiger partial charge in [0.05, 0.1) is 6.04 Å². The quantitative estimate of drug-likeness (QED) is 0.550. The Balaban J connectivity index is 2.61. The molecule has 1 heterocycles. The van der Waals surface area contributed by atoms with E-state index in [1.807, 2.05) is 13.8 Å². The van der Waals surface area contributed by atoms with Crippen molar-refractivity contribution in [3.05, 3.63) is 0 Å². The number of carboxylic acid groups (broad SMARTS) is 1. The summed E-state index contributed by atoms with van der Waals surface area (Å²) in [6.07, 6.45) is 8.30. The number of carbonyl (C=O) groups is 2. The minimum absolute atomic E-state index is 0.0213. The molecule has 0 aromatic carbocycles. The van der Waals surface area contributed by atoms with Gasteiger partial charge in [-0.25, -0.2) is 4.79 Å². The summed E-state index contributed by atoms with van der Waals surface area (Å²) in [7, 11) is 0. The van der Waals surface area contributed by atoms with Crippen LogP contribution in [0.1, 0.15) is 92.4 Å². The van der Waals surface area contributed by atoms with Crippen LogP contribution in [0.25, 0.3) is 0 Å². The molecule has 0 unspecified atom stereocenters. The number of hydrogen-bond donors (Lipinski definition) is 1. The van der Waals surface area contributed by atoms with Gasteiger partial charge >= 0.3 is 5.97 Å². The molecule has 1 aliphatic rings. The zero-order valence-corrected chi connectivity index (χ0v) is 16.7. The normalized spacial score (nSPS) is 22.6. The summed E-state index contributed by atoms with van der Waals surface area (Å²) in [6.45, 7) is 9.89.